The van der Waals surface area contributed by atoms with Crippen molar-refractivity contribution in [2.75, 3.05) is 6.61 Å². The Labute approximate surface area is 53.5 Å². The highest BCUT2D eigenvalue weighted by atomic mass is 16.5. The Balaban J connectivity index is 2.60. The number of rotatable bonds is 0. The van der Waals surface area contributed by atoms with E-state index in [0.717, 1.165) is 0 Å². The van der Waals surface area contributed by atoms with Crippen LogP contribution >= 0.6 is 0 Å². The first kappa shape index (κ1) is 5.90. The topological polar surface area (TPSA) is 26.3 Å². The third kappa shape index (κ3) is 1.33. The van der Waals surface area contributed by atoms with E-state index in [1.54, 1.807) is 6.08 Å². The molecule has 0 N–H and O–H groups in total. The van der Waals surface area contributed by atoms with E-state index in [9.17, 15) is 4.79 Å². The lowest BCUT2D eigenvalue weighted by Crippen LogP contribution is -2.14. The van der Waals surface area contributed by atoms with Crippen molar-refractivity contribution < 1.29 is 9.53 Å². The number of esters is 1. The SMILES string of the molecule is C#CC1C=CC(=O)OC1. The molecule has 1 unspecified atom stereocenters. The van der Waals surface area contributed by atoms with Gasteiger partial charge in [0.05, 0.1) is 5.92 Å². The summed E-state index contributed by atoms with van der Waals surface area (Å²) in [4.78, 5) is 10.3. The Kier molecular flexibility index (Phi) is 1.55. The van der Waals surface area contributed by atoms with Crippen molar-refractivity contribution >= 4 is 5.97 Å². The molecule has 1 heterocycles. The Bertz CT molecular complexity index is 186. The highest BCUT2D eigenvalue weighted by Gasteiger charge is 2.09. The van der Waals surface area contributed by atoms with Gasteiger partial charge in [0.15, 0.2) is 0 Å². The second kappa shape index (κ2) is 2.36. The average Bonchev–Trinajstić information content (AvgIpc) is 1.90. The van der Waals surface area contributed by atoms with E-state index in [1.165, 1.54) is 6.08 Å². The highest BCUT2D eigenvalue weighted by molar-refractivity contribution is 5.82. The van der Waals surface area contributed by atoms with Gasteiger partial charge in [0, 0.05) is 6.08 Å². The van der Waals surface area contributed by atoms with Gasteiger partial charge in [0.1, 0.15) is 6.61 Å². The third-order valence-corrected chi connectivity index (χ3v) is 1.08. The number of hydrogen-bond acceptors (Lipinski definition) is 2. The lowest BCUT2D eigenvalue weighted by Gasteiger charge is -2.09. The highest BCUT2D eigenvalue weighted by Crippen LogP contribution is 2.03. The summed E-state index contributed by atoms with van der Waals surface area (Å²) in [6.07, 6.45) is 8.08. The molecular weight excluding hydrogens is 116 g/mol. The predicted octanol–water partition coefficient (Wildman–Crippen LogP) is 0.349. The van der Waals surface area contributed by atoms with Gasteiger partial charge < -0.3 is 4.74 Å². The fourth-order valence-electron chi connectivity index (χ4n) is 0.574. The van der Waals surface area contributed by atoms with Crippen LogP contribution in [0.5, 0.6) is 0 Å². The number of ether oxygens (including phenoxy) is 1. The van der Waals surface area contributed by atoms with Gasteiger partial charge >= 0.3 is 5.97 Å². The second-order valence-electron chi connectivity index (χ2n) is 1.76. The van der Waals surface area contributed by atoms with Gasteiger partial charge in [-0.05, 0) is 0 Å². The van der Waals surface area contributed by atoms with Crippen molar-refractivity contribution in [1.29, 1.82) is 0 Å². The van der Waals surface area contributed by atoms with E-state index in [4.69, 9.17) is 6.42 Å². The molecule has 1 aliphatic heterocycles. The molecule has 1 rings (SSSR count). The molecule has 0 saturated carbocycles. The quantitative estimate of drug-likeness (QED) is 0.342. The minimum Gasteiger partial charge on any atom is -0.461 e. The van der Waals surface area contributed by atoms with Crippen molar-refractivity contribution in [3.63, 3.8) is 0 Å². The minimum atomic E-state index is -0.304. The lowest BCUT2D eigenvalue weighted by atomic mass is 10.1. The third-order valence-electron chi connectivity index (χ3n) is 1.08. The molecule has 1 atom stereocenters. The molecule has 0 amide bonds. The van der Waals surface area contributed by atoms with Gasteiger partial charge in [-0.15, -0.1) is 6.42 Å². The molecule has 1 aliphatic rings. The van der Waals surface area contributed by atoms with Crippen molar-refractivity contribution in [3.05, 3.63) is 12.2 Å². The molecule has 0 aromatic rings. The van der Waals surface area contributed by atoms with Gasteiger partial charge in [0.2, 0.25) is 0 Å². The summed E-state index contributed by atoms with van der Waals surface area (Å²) in [5.74, 6) is 2.13. The number of carbonyl (C=O) groups is 1. The van der Waals surface area contributed by atoms with E-state index in [2.05, 4.69) is 10.7 Å². The van der Waals surface area contributed by atoms with Crippen LogP contribution < -0.4 is 0 Å². The normalized spacial score (nSPS) is 24.8. The molecule has 0 fully saturated rings. The van der Waals surface area contributed by atoms with Crippen LogP contribution in [0.1, 0.15) is 0 Å². The van der Waals surface area contributed by atoms with Crippen molar-refractivity contribution in [2.45, 2.75) is 0 Å². The van der Waals surface area contributed by atoms with E-state index >= 15 is 0 Å². The zero-order chi connectivity index (χ0) is 6.69. The van der Waals surface area contributed by atoms with Gasteiger partial charge in [-0.1, -0.05) is 12.0 Å². The summed E-state index contributed by atoms with van der Waals surface area (Å²) in [5.41, 5.74) is 0. The number of hydrogen-bond donors (Lipinski definition) is 0. The number of cyclic esters (lactones) is 1. The van der Waals surface area contributed by atoms with Crippen molar-refractivity contribution in [2.24, 2.45) is 5.92 Å². The molecule has 0 aliphatic carbocycles. The zero-order valence-corrected chi connectivity index (χ0v) is 4.83. The first-order valence-electron chi connectivity index (χ1n) is 2.64. The first-order valence-corrected chi connectivity index (χ1v) is 2.64. The summed E-state index contributed by atoms with van der Waals surface area (Å²) in [7, 11) is 0. The predicted molar refractivity (Wildman–Crippen MR) is 32.4 cm³/mol. The van der Waals surface area contributed by atoms with Crippen LogP contribution in [0.2, 0.25) is 0 Å². The Morgan fingerprint density at radius 1 is 1.89 bits per heavy atom. The van der Waals surface area contributed by atoms with Crippen LogP contribution in [0.4, 0.5) is 0 Å². The fraction of sp³-hybridized carbons (Fsp3) is 0.286. The molecule has 0 saturated heterocycles. The van der Waals surface area contributed by atoms with E-state index in [1.807, 2.05) is 0 Å². The summed E-state index contributed by atoms with van der Waals surface area (Å²) in [5, 5.41) is 0. The van der Waals surface area contributed by atoms with Crippen molar-refractivity contribution in [1.82, 2.24) is 0 Å². The Hall–Kier alpha value is -1.23. The van der Waals surface area contributed by atoms with Crippen LogP contribution in [0.3, 0.4) is 0 Å². The molecule has 9 heavy (non-hydrogen) atoms. The van der Waals surface area contributed by atoms with E-state index in [-0.39, 0.29) is 11.9 Å². The standard InChI is InChI=1S/C7H6O2/c1-2-6-3-4-7(8)9-5-6/h1,3-4,6H,5H2. The maximum absolute atomic E-state index is 10.3. The van der Waals surface area contributed by atoms with E-state index < -0.39 is 0 Å². The molecule has 0 aromatic heterocycles. The minimum absolute atomic E-state index is 0.0253. The number of terminal acetylenes is 1. The molecule has 0 aromatic carbocycles. The van der Waals surface area contributed by atoms with Gasteiger partial charge in [-0.3, -0.25) is 0 Å². The molecular formula is C7H6O2. The zero-order valence-electron chi connectivity index (χ0n) is 4.83. The van der Waals surface area contributed by atoms with Gasteiger partial charge in [0.25, 0.3) is 0 Å². The first-order chi connectivity index (χ1) is 4.33. The molecule has 46 valence electrons. The van der Waals surface area contributed by atoms with Gasteiger partial charge in [-0.25, -0.2) is 4.79 Å². The fourth-order valence-corrected chi connectivity index (χ4v) is 0.574. The maximum atomic E-state index is 10.3. The Morgan fingerprint density at radius 3 is 3.11 bits per heavy atom. The molecule has 0 bridgehead atoms. The second-order valence-corrected chi connectivity index (χ2v) is 1.76. The van der Waals surface area contributed by atoms with Crippen molar-refractivity contribution in [3.8, 4) is 12.3 Å². The maximum Gasteiger partial charge on any atom is 0.330 e. The summed E-state index contributed by atoms with van der Waals surface area (Å²) >= 11 is 0. The largest absolute Gasteiger partial charge is 0.461 e. The van der Waals surface area contributed by atoms with Crippen LogP contribution in [0.15, 0.2) is 12.2 Å². The van der Waals surface area contributed by atoms with Crippen LogP contribution in [-0.2, 0) is 9.53 Å². The monoisotopic (exact) mass is 122 g/mol. The smallest absolute Gasteiger partial charge is 0.330 e. The lowest BCUT2D eigenvalue weighted by molar-refractivity contribution is -0.139. The molecule has 2 heteroatoms. The molecule has 0 radical (unpaired) electrons. The average molecular weight is 122 g/mol. The Morgan fingerprint density at radius 2 is 2.67 bits per heavy atom. The molecule has 0 spiro atoms. The van der Waals surface area contributed by atoms with Crippen LogP contribution in [0.25, 0.3) is 0 Å². The van der Waals surface area contributed by atoms with Crippen LogP contribution in [0, 0.1) is 18.3 Å². The molecule has 2 nitrogen and oxygen atoms in total. The summed E-state index contributed by atoms with van der Waals surface area (Å²) < 4.78 is 4.61. The van der Waals surface area contributed by atoms with E-state index in [0.29, 0.717) is 6.61 Å². The summed E-state index contributed by atoms with van der Waals surface area (Å²) in [6, 6.07) is 0. The van der Waals surface area contributed by atoms with Crippen LogP contribution in [-0.4, -0.2) is 12.6 Å². The summed E-state index contributed by atoms with van der Waals surface area (Å²) in [6.45, 7) is 0.325. The number of carbonyl (C=O) groups excluding carboxylic acids is 1. The van der Waals surface area contributed by atoms with Gasteiger partial charge in [-0.2, -0.15) is 0 Å².